The van der Waals surface area contributed by atoms with Crippen molar-refractivity contribution in [1.29, 1.82) is 0 Å². The Kier molecular flexibility index (Phi) is 9.18. The first kappa shape index (κ1) is 24.2. The van der Waals surface area contributed by atoms with Crippen LogP contribution in [0.15, 0.2) is 59.3 Å². The molecule has 0 aromatic heterocycles. The van der Waals surface area contributed by atoms with Gasteiger partial charge in [0.05, 0.1) is 10.0 Å². The molecule has 2 aromatic carbocycles. The van der Waals surface area contributed by atoms with Crippen LogP contribution in [0.3, 0.4) is 0 Å². The van der Waals surface area contributed by atoms with E-state index in [-0.39, 0.29) is 12.4 Å². The Bertz CT molecular complexity index is 960. The average Bonchev–Trinajstić information content (AvgIpc) is 2.71. The molecule has 1 N–H and O–H groups in total. The number of hydrogen-bond donors (Lipinski definition) is 1. The molecule has 0 saturated heterocycles. The SMILES string of the molecule is Cc1ccccc1C(=NOCCN1CCC=C(C(=O)O)C1)c1ccc(Cl)c(Cl)c1.Cl. The lowest BCUT2D eigenvalue weighted by atomic mass is 9.98. The van der Waals surface area contributed by atoms with Crippen molar-refractivity contribution in [3.05, 3.63) is 80.8 Å². The summed E-state index contributed by atoms with van der Waals surface area (Å²) in [6.07, 6.45) is 2.50. The molecule has 0 saturated carbocycles. The highest BCUT2D eigenvalue weighted by molar-refractivity contribution is 6.42. The van der Waals surface area contributed by atoms with Gasteiger partial charge in [-0.2, -0.15) is 0 Å². The highest BCUT2D eigenvalue weighted by Gasteiger charge is 2.17. The Balaban J connectivity index is 0.00000320. The number of aryl methyl sites for hydroxylation is 1. The fourth-order valence-corrected chi connectivity index (χ4v) is 3.47. The van der Waals surface area contributed by atoms with E-state index >= 15 is 0 Å². The van der Waals surface area contributed by atoms with Crippen LogP contribution in [0, 0.1) is 6.92 Å². The van der Waals surface area contributed by atoms with Crippen molar-refractivity contribution >= 4 is 47.3 Å². The average molecular weight is 470 g/mol. The van der Waals surface area contributed by atoms with Crippen LogP contribution in [0.4, 0.5) is 0 Å². The zero-order valence-corrected chi connectivity index (χ0v) is 18.8. The molecule has 1 aliphatic heterocycles. The van der Waals surface area contributed by atoms with Crippen LogP contribution in [-0.4, -0.2) is 47.9 Å². The summed E-state index contributed by atoms with van der Waals surface area (Å²) < 4.78 is 0. The number of carbonyl (C=O) groups is 1. The van der Waals surface area contributed by atoms with E-state index in [2.05, 4.69) is 5.16 Å². The number of hydrogen-bond acceptors (Lipinski definition) is 4. The van der Waals surface area contributed by atoms with Crippen molar-refractivity contribution in [2.24, 2.45) is 5.16 Å². The lowest BCUT2D eigenvalue weighted by Crippen LogP contribution is -2.34. The molecule has 0 aliphatic carbocycles. The first-order chi connectivity index (χ1) is 14.0. The fraction of sp³-hybridized carbons (Fsp3) is 0.273. The molecule has 0 spiro atoms. The van der Waals surface area contributed by atoms with Crippen LogP contribution in [0.5, 0.6) is 0 Å². The van der Waals surface area contributed by atoms with Crippen molar-refractivity contribution in [3.63, 3.8) is 0 Å². The zero-order valence-electron chi connectivity index (χ0n) is 16.5. The third kappa shape index (κ3) is 6.22. The standard InChI is InChI=1S/C22H22Cl2N2O3.ClH/c1-15-5-2-3-7-18(15)21(16-8-9-19(23)20(24)13-16)25-29-12-11-26-10-4-6-17(14-26)22(27)28;/h2-3,5-9,13H,4,10-12,14H2,1H3,(H,27,28);1H. The van der Waals surface area contributed by atoms with E-state index in [1.54, 1.807) is 18.2 Å². The predicted octanol–water partition coefficient (Wildman–Crippen LogP) is 5.21. The summed E-state index contributed by atoms with van der Waals surface area (Å²) in [5, 5.41) is 14.5. The van der Waals surface area contributed by atoms with Gasteiger partial charge in [-0.25, -0.2) is 4.79 Å². The third-order valence-electron chi connectivity index (χ3n) is 4.75. The minimum absolute atomic E-state index is 0. The van der Waals surface area contributed by atoms with Crippen LogP contribution in [-0.2, 0) is 9.63 Å². The number of oxime groups is 1. The van der Waals surface area contributed by atoms with Gasteiger partial charge in [-0.15, -0.1) is 12.4 Å². The second-order valence-electron chi connectivity index (χ2n) is 6.82. The van der Waals surface area contributed by atoms with Gasteiger partial charge in [-0.1, -0.05) is 64.8 Å². The maximum absolute atomic E-state index is 11.1. The number of aliphatic carboxylic acids is 1. The number of benzene rings is 2. The van der Waals surface area contributed by atoms with E-state index in [1.807, 2.05) is 42.2 Å². The van der Waals surface area contributed by atoms with Gasteiger partial charge in [0, 0.05) is 36.3 Å². The molecule has 30 heavy (non-hydrogen) atoms. The lowest BCUT2D eigenvalue weighted by Gasteiger charge is -2.24. The monoisotopic (exact) mass is 468 g/mol. The normalized spacial score (nSPS) is 14.6. The minimum Gasteiger partial charge on any atom is -0.478 e. The highest BCUT2D eigenvalue weighted by atomic mass is 35.5. The molecule has 0 unspecified atom stereocenters. The number of carboxylic acid groups (broad SMARTS) is 1. The van der Waals surface area contributed by atoms with Crippen LogP contribution >= 0.6 is 35.6 Å². The zero-order chi connectivity index (χ0) is 20.8. The van der Waals surface area contributed by atoms with Gasteiger partial charge in [0.2, 0.25) is 0 Å². The van der Waals surface area contributed by atoms with Crippen LogP contribution in [0.1, 0.15) is 23.1 Å². The van der Waals surface area contributed by atoms with Gasteiger partial charge in [0.25, 0.3) is 0 Å². The summed E-state index contributed by atoms with van der Waals surface area (Å²) in [4.78, 5) is 18.8. The summed E-state index contributed by atoms with van der Waals surface area (Å²) in [6, 6.07) is 13.3. The molecule has 1 heterocycles. The molecule has 0 fully saturated rings. The van der Waals surface area contributed by atoms with Gasteiger partial charge in [0.15, 0.2) is 0 Å². The minimum atomic E-state index is -0.866. The van der Waals surface area contributed by atoms with Crippen LogP contribution in [0.2, 0.25) is 10.0 Å². The number of rotatable bonds is 7. The van der Waals surface area contributed by atoms with E-state index in [0.717, 1.165) is 29.7 Å². The van der Waals surface area contributed by atoms with Gasteiger partial charge >= 0.3 is 5.97 Å². The van der Waals surface area contributed by atoms with Crippen LogP contribution in [0.25, 0.3) is 0 Å². The second kappa shape index (κ2) is 11.4. The van der Waals surface area contributed by atoms with Crippen molar-refractivity contribution in [2.75, 3.05) is 26.2 Å². The Labute approximate surface area is 192 Å². The molecule has 5 nitrogen and oxygen atoms in total. The topological polar surface area (TPSA) is 62.1 Å². The van der Waals surface area contributed by atoms with E-state index in [9.17, 15) is 4.79 Å². The van der Waals surface area contributed by atoms with Gasteiger partial charge in [-0.3, -0.25) is 4.90 Å². The number of nitrogens with zero attached hydrogens (tertiary/aromatic N) is 2. The summed E-state index contributed by atoms with van der Waals surface area (Å²) in [7, 11) is 0. The predicted molar refractivity (Wildman–Crippen MR) is 123 cm³/mol. The summed E-state index contributed by atoms with van der Waals surface area (Å²) in [6.45, 7) is 4.18. The molecule has 0 atom stereocenters. The number of carboxylic acids is 1. The molecule has 160 valence electrons. The van der Waals surface area contributed by atoms with Gasteiger partial charge in [-0.05, 0) is 31.0 Å². The van der Waals surface area contributed by atoms with E-state index < -0.39 is 5.97 Å². The Morgan fingerprint density at radius 1 is 1.20 bits per heavy atom. The van der Waals surface area contributed by atoms with Crippen molar-refractivity contribution in [1.82, 2.24) is 4.90 Å². The Hall–Kier alpha value is -2.05. The van der Waals surface area contributed by atoms with E-state index in [0.29, 0.717) is 41.0 Å². The number of halogens is 3. The molecule has 0 amide bonds. The molecule has 1 aliphatic rings. The molecular formula is C22H23Cl3N2O3. The molecule has 0 radical (unpaired) electrons. The third-order valence-corrected chi connectivity index (χ3v) is 5.49. The van der Waals surface area contributed by atoms with Crippen molar-refractivity contribution in [3.8, 4) is 0 Å². The van der Waals surface area contributed by atoms with Gasteiger partial charge < -0.3 is 9.94 Å². The molecule has 0 bridgehead atoms. The molecule has 8 heteroatoms. The quantitative estimate of drug-likeness (QED) is 0.343. The maximum atomic E-state index is 11.1. The van der Waals surface area contributed by atoms with Crippen molar-refractivity contribution < 1.29 is 14.7 Å². The first-order valence-corrected chi connectivity index (χ1v) is 10.1. The largest absolute Gasteiger partial charge is 0.478 e. The first-order valence-electron chi connectivity index (χ1n) is 9.32. The van der Waals surface area contributed by atoms with Gasteiger partial charge in [0.1, 0.15) is 12.3 Å². The van der Waals surface area contributed by atoms with E-state index in [4.69, 9.17) is 33.1 Å². The van der Waals surface area contributed by atoms with E-state index in [1.165, 1.54) is 0 Å². The Morgan fingerprint density at radius 2 is 1.97 bits per heavy atom. The molecular weight excluding hydrogens is 447 g/mol. The Morgan fingerprint density at radius 3 is 2.67 bits per heavy atom. The highest BCUT2D eigenvalue weighted by Crippen LogP contribution is 2.25. The van der Waals surface area contributed by atoms with Crippen molar-refractivity contribution in [2.45, 2.75) is 13.3 Å². The lowest BCUT2D eigenvalue weighted by molar-refractivity contribution is -0.133. The molecule has 3 rings (SSSR count). The summed E-state index contributed by atoms with van der Waals surface area (Å²) >= 11 is 12.3. The second-order valence-corrected chi connectivity index (χ2v) is 7.63. The summed E-state index contributed by atoms with van der Waals surface area (Å²) in [5.41, 5.74) is 3.92. The fourth-order valence-electron chi connectivity index (χ4n) is 3.17. The maximum Gasteiger partial charge on any atom is 0.332 e. The summed E-state index contributed by atoms with van der Waals surface area (Å²) in [5.74, 6) is -0.866. The van der Waals surface area contributed by atoms with Crippen LogP contribution < -0.4 is 0 Å². The molecule has 2 aromatic rings. The smallest absolute Gasteiger partial charge is 0.332 e.